The third kappa shape index (κ3) is 4.87. The van der Waals surface area contributed by atoms with Gasteiger partial charge in [-0.3, -0.25) is 0 Å². The van der Waals surface area contributed by atoms with E-state index >= 15 is 0 Å². The van der Waals surface area contributed by atoms with Crippen molar-refractivity contribution in [3.8, 4) is 0 Å². The molecule has 28 heavy (non-hydrogen) atoms. The Kier molecular flexibility index (Phi) is 6.98. The van der Waals surface area contributed by atoms with Crippen molar-refractivity contribution in [2.24, 2.45) is 5.92 Å². The van der Waals surface area contributed by atoms with E-state index in [1.807, 2.05) is 49.6 Å². The number of hydrogen-bond acceptors (Lipinski definition) is 6. The van der Waals surface area contributed by atoms with E-state index in [0.717, 1.165) is 49.4 Å². The summed E-state index contributed by atoms with van der Waals surface area (Å²) in [6.07, 6.45) is 5.78. The first-order valence-electron chi connectivity index (χ1n) is 9.96. The number of piperidine rings is 1. The van der Waals surface area contributed by atoms with Crippen LogP contribution in [-0.2, 0) is 20.7 Å². The summed E-state index contributed by atoms with van der Waals surface area (Å²) < 4.78 is 11.1. The average molecular weight is 383 g/mol. The summed E-state index contributed by atoms with van der Waals surface area (Å²) in [5, 5.41) is 0. The summed E-state index contributed by atoms with van der Waals surface area (Å²) in [7, 11) is 1.53. The van der Waals surface area contributed by atoms with Gasteiger partial charge in [-0.25, -0.2) is 14.8 Å². The molecule has 0 saturated carbocycles. The number of carbonyl (C=O) groups is 1. The molecule has 0 N–H and O–H groups in total. The Labute approximate surface area is 166 Å². The highest BCUT2D eigenvalue weighted by Crippen LogP contribution is 2.27. The predicted molar refractivity (Wildman–Crippen MR) is 108 cm³/mol. The molecule has 1 aromatic heterocycles. The molecule has 0 aliphatic carbocycles. The summed E-state index contributed by atoms with van der Waals surface area (Å²) in [6, 6.07) is 9.45. The Morgan fingerprint density at radius 1 is 1.18 bits per heavy atom. The van der Waals surface area contributed by atoms with Crippen molar-refractivity contribution in [2.45, 2.75) is 45.3 Å². The maximum atomic E-state index is 12.6. The highest BCUT2D eigenvalue weighted by molar-refractivity contribution is 5.76. The summed E-state index contributed by atoms with van der Waals surface area (Å²) in [6.45, 7) is 5.80. The monoisotopic (exact) mass is 383 g/mol. The minimum Gasteiger partial charge on any atom is -0.460 e. The fourth-order valence-electron chi connectivity index (χ4n) is 3.60. The number of aromatic nitrogens is 2. The van der Waals surface area contributed by atoms with Gasteiger partial charge in [0.2, 0.25) is 5.95 Å². The lowest BCUT2D eigenvalue weighted by Crippen LogP contribution is -2.39. The molecule has 1 saturated heterocycles. The van der Waals surface area contributed by atoms with Crippen molar-refractivity contribution in [1.29, 1.82) is 0 Å². The zero-order valence-electron chi connectivity index (χ0n) is 16.9. The number of anilines is 1. The molecule has 1 aliphatic rings. The highest BCUT2D eigenvalue weighted by atomic mass is 16.6. The van der Waals surface area contributed by atoms with Gasteiger partial charge in [-0.2, -0.15) is 0 Å². The zero-order valence-corrected chi connectivity index (χ0v) is 16.9. The van der Waals surface area contributed by atoms with Crippen molar-refractivity contribution in [1.82, 2.24) is 9.97 Å². The highest BCUT2D eigenvalue weighted by Gasteiger charge is 2.30. The van der Waals surface area contributed by atoms with E-state index < -0.39 is 6.10 Å². The van der Waals surface area contributed by atoms with Gasteiger partial charge in [0.25, 0.3) is 0 Å². The number of carbonyl (C=O) groups excluding carboxylic acids is 1. The Hall–Kier alpha value is -2.47. The number of esters is 1. The van der Waals surface area contributed by atoms with E-state index in [4.69, 9.17) is 9.47 Å². The number of methoxy groups -OCH3 is 1. The number of rotatable bonds is 7. The first kappa shape index (κ1) is 20.3. The van der Waals surface area contributed by atoms with Gasteiger partial charge in [0.1, 0.15) is 6.10 Å². The molecular formula is C22H29N3O3. The second-order valence-electron chi connectivity index (χ2n) is 7.24. The smallest absolute Gasteiger partial charge is 0.340 e. The molecule has 2 aromatic rings. The number of nitrogens with zero attached hydrogens (tertiary/aromatic N) is 3. The van der Waals surface area contributed by atoms with Gasteiger partial charge in [0, 0.05) is 32.6 Å². The Morgan fingerprint density at radius 2 is 1.82 bits per heavy atom. The standard InChI is InChI=1S/C22H29N3O3/c1-4-17-14-23-22(24-15-17)25-12-10-18(11-13-25)16(2)28-21(26)20(27-3)19-8-6-5-7-9-19/h5-9,14-16,18,20H,4,10-13H2,1-3H3/t16-,20-/m1/s1. The van der Waals surface area contributed by atoms with Crippen LogP contribution in [-0.4, -0.2) is 42.2 Å². The van der Waals surface area contributed by atoms with Gasteiger partial charge in [-0.15, -0.1) is 0 Å². The molecule has 2 heterocycles. The van der Waals surface area contributed by atoms with Gasteiger partial charge < -0.3 is 14.4 Å². The van der Waals surface area contributed by atoms with Crippen LogP contribution in [0.3, 0.4) is 0 Å². The molecule has 6 heteroatoms. The SMILES string of the molecule is CCc1cnc(N2CCC([C@@H](C)OC(=O)[C@H](OC)c3ccccc3)CC2)nc1. The number of benzene rings is 1. The van der Waals surface area contributed by atoms with Crippen LogP contribution >= 0.6 is 0 Å². The largest absolute Gasteiger partial charge is 0.460 e. The van der Waals surface area contributed by atoms with E-state index in [1.54, 1.807) is 0 Å². The molecule has 0 unspecified atom stereocenters. The van der Waals surface area contributed by atoms with Crippen molar-refractivity contribution < 1.29 is 14.3 Å². The van der Waals surface area contributed by atoms with Crippen LogP contribution in [0, 0.1) is 5.92 Å². The minimum atomic E-state index is -0.686. The maximum Gasteiger partial charge on any atom is 0.340 e. The minimum absolute atomic E-state index is 0.153. The Morgan fingerprint density at radius 3 is 2.39 bits per heavy atom. The average Bonchev–Trinajstić information content (AvgIpc) is 2.75. The quantitative estimate of drug-likeness (QED) is 0.681. The lowest BCUT2D eigenvalue weighted by molar-refractivity contribution is -0.163. The van der Waals surface area contributed by atoms with Crippen molar-refractivity contribution in [2.75, 3.05) is 25.1 Å². The summed E-state index contributed by atoms with van der Waals surface area (Å²) in [5.41, 5.74) is 1.95. The molecule has 1 fully saturated rings. The van der Waals surface area contributed by atoms with Gasteiger partial charge in [0.15, 0.2) is 6.10 Å². The van der Waals surface area contributed by atoms with Crippen LogP contribution in [0.1, 0.15) is 43.9 Å². The zero-order chi connectivity index (χ0) is 19.9. The number of hydrogen-bond donors (Lipinski definition) is 0. The lowest BCUT2D eigenvalue weighted by Gasteiger charge is -2.34. The molecule has 3 rings (SSSR count). The van der Waals surface area contributed by atoms with E-state index in [9.17, 15) is 4.79 Å². The third-order valence-electron chi connectivity index (χ3n) is 5.44. The molecule has 6 nitrogen and oxygen atoms in total. The molecule has 1 aliphatic heterocycles. The molecule has 1 aromatic carbocycles. The fraction of sp³-hybridized carbons (Fsp3) is 0.500. The summed E-state index contributed by atoms with van der Waals surface area (Å²) >= 11 is 0. The van der Waals surface area contributed by atoms with Crippen LogP contribution < -0.4 is 4.90 Å². The predicted octanol–water partition coefficient (Wildman–Crippen LogP) is 3.57. The molecule has 0 amide bonds. The molecule has 150 valence electrons. The number of ether oxygens (including phenoxy) is 2. The Bertz CT molecular complexity index is 743. The van der Waals surface area contributed by atoms with Crippen LogP contribution in [0.25, 0.3) is 0 Å². The first-order valence-corrected chi connectivity index (χ1v) is 9.96. The Balaban J connectivity index is 1.53. The van der Waals surface area contributed by atoms with Gasteiger partial charge in [-0.1, -0.05) is 37.3 Å². The normalized spacial score (nSPS) is 17.2. The fourth-order valence-corrected chi connectivity index (χ4v) is 3.60. The van der Waals surface area contributed by atoms with Crippen molar-refractivity contribution >= 4 is 11.9 Å². The van der Waals surface area contributed by atoms with Crippen LogP contribution in [0.2, 0.25) is 0 Å². The maximum absolute atomic E-state index is 12.6. The first-order chi connectivity index (χ1) is 13.6. The van der Waals surface area contributed by atoms with Crippen LogP contribution in [0.5, 0.6) is 0 Å². The van der Waals surface area contributed by atoms with E-state index in [-0.39, 0.29) is 12.1 Å². The number of aryl methyl sites for hydroxylation is 1. The molecule has 0 radical (unpaired) electrons. The van der Waals surface area contributed by atoms with Crippen LogP contribution in [0.15, 0.2) is 42.7 Å². The van der Waals surface area contributed by atoms with Crippen molar-refractivity contribution in [3.05, 3.63) is 53.9 Å². The molecule has 0 spiro atoms. The molecule has 2 atom stereocenters. The van der Waals surface area contributed by atoms with Gasteiger partial charge in [-0.05, 0) is 43.2 Å². The second-order valence-corrected chi connectivity index (χ2v) is 7.24. The van der Waals surface area contributed by atoms with E-state index in [0.29, 0.717) is 5.92 Å². The van der Waals surface area contributed by atoms with E-state index in [2.05, 4.69) is 21.8 Å². The topological polar surface area (TPSA) is 64.6 Å². The molecule has 0 bridgehead atoms. The van der Waals surface area contributed by atoms with Gasteiger partial charge in [0.05, 0.1) is 0 Å². The van der Waals surface area contributed by atoms with E-state index in [1.165, 1.54) is 7.11 Å². The summed E-state index contributed by atoms with van der Waals surface area (Å²) in [5.74, 6) is 0.773. The van der Waals surface area contributed by atoms with Gasteiger partial charge >= 0.3 is 5.97 Å². The lowest BCUT2D eigenvalue weighted by atomic mass is 9.92. The second kappa shape index (κ2) is 9.64. The molecular weight excluding hydrogens is 354 g/mol. The van der Waals surface area contributed by atoms with Crippen molar-refractivity contribution in [3.63, 3.8) is 0 Å². The third-order valence-corrected chi connectivity index (χ3v) is 5.44. The van der Waals surface area contributed by atoms with Crippen LogP contribution in [0.4, 0.5) is 5.95 Å². The summed E-state index contributed by atoms with van der Waals surface area (Å²) in [4.78, 5) is 23.7.